The van der Waals surface area contributed by atoms with Gasteiger partial charge in [0.2, 0.25) is 5.91 Å². The van der Waals surface area contributed by atoms with E-state index in [-0.39, 0.29) is 18.4 Å². The molecule has 1 fully saturated rings. The van der Waals surface area contributed by atoms with E-state index in [9.17, 15) is 9.59 Å². The van der Waals surface area contributed by atoms with Crippen molar-refractivity contribution in [3.05, 3.63) is 52.2 Å². The van der Waals surface area contributed by atoms with Gasteiger partial charge in [-0.05, 0) is 56.2 Å². The Labute approximate surface area is 193 Å². The van der Waals surface area contributed by atoms with Crippen molar-refractivity contribution in [1.29, 1.82) is 0 Å². The first-order valence-corrected chi connectivity index (χ1v) is 11.8. The maximum atomic E-state index is 13.2. The SMILES string of the molecule is COC(=O)C1=C(C)N=C2SC=C(CC(=O)N3CCCC[C@H]3C)N2[C@H]1c1ccc(OC)cc1. The summed E-state index contributed by atoms with van der Waals surface area (Å²) in [6.45, 7) is 4.74. The number of rotatable bonds is 5. The van der Waals surface area contributed by atoms with E-state index in [2.05, 4.69) is 11.9 Å². The van der Waals surface area contributed by atoms with Crippen molar-refractivity contribution in [2.75, 3.05) is 20.8 Å². The van der Waals surface area contributed by atoms with Gasteiger partial charge in [-0.15, -0.1) is 0 Å². The van der Waals surface area contributed by atoms with Crippen molar-refractivity contribution in [3.63, 3.8) is 0 Å². The number of aliphatic imine (C=N–C) groups is 1. The lowest BCUT2D eigenvalue weighted by Gasteiger charge is -2.38. The molecular weight excluding hydrogens is 426 g/mol. The molecule has 0 unspecified atom stereocenters. The third kappa shape index (κ3) is 4.16. The number of amides is 1. The number of fused-ring (bicyclic) bond motifs is 1. The maximum Gasteiger partial charge on any atom is 0.338 e. The van der Waals surface area contributed by atoms with Crippen molar-refractivity contribution >= 4 is 28.8 Å². The fourth-order valence-corrected chi connectivity index (χ4v) is 5.53. The molecule has 3 aliphatic rings. The van der Waals surface area contributed by atoms with Crippen LogP contribution < -0.4 is 4.74 Å². The Morgan fingerprint density at radius 1 is 1.19 bits per heavy atom. The molecule has 170 valence electrons. The normalized spacial score (nSPS) is 22.9. The van der Waals surface area contributed by atoms with Crippen molar-refractivity contribution < 1.29 is 19.1 Å². The van der Waals surface area contributed by atoms with E-state index in [1.807, 2.05) is 46.4 Å². The molecule has 1 saturated heterocycles. The summed E-state index contributed by atoms with van der Waals surface area (Å²) in [5.41, 5.74) is 2.87. The molecule has 4 rings (SSSR count). The first-order valence-electron chi connectivity index (χ1n) is 10.9. The van der Waals surface area contributed by atoms with Crippen molar-refractivity contribution in [2.24, 2.45) is 4.99 Å². The Morgan fingerprint density at radius 3 is 2.59 bits per heavy atom. The fourth-order valence-electron chi connectivity index (χ4n) is 4.57. The van der Waals surface area contributed by atoms with Crippen molar-refractivity contribution in [2.45, 2.75) is 51.6 Å². The fraction of sp³-hybridized carbons (Fsp3) is 0.458. The van der Waals surface area contributed by atoms with Crippen LogP contribution in [0.25, 0.3) is 0 Å². The van der Waals surface area contributed by atoms with Crippen LogP contribution in [0.15, 0.2) is 51.6 Å². The Hall–Kier alpha value is -2.74. The van der Waals surface area contributed by atoms with E-state index in [1.54, 1.807) is 7.11 Å². The predicted octanol–water partition coefficient (Wildman–Crippen LogP) is 4.23. The van der Waals surface area contributed by atoms with Crippen LogP contribution >= 0.6 is 11.8 Å². The van der Waals surface area contributed by atoms with E-state index in [0.717, 1.165) is 41.6 Å². The molecule has 0 bridgehead atoms. The molecule has 1 aromatic carbocycles. The lowest BCUT2D eigenvalue weighted by Crippen LogP contribution is -2.43. The van der Waals surface area contributed by atoms with E-state index in [1.165, 1.54) is 25.3 Å². The van der Waals surface area contributed by atoms with Crippen LogP contribution in [0, 0.1) is 0 Å². The summed E-state index contributed by atoms with van der Waals surface area (Å²) >= 11 is 1.49. The second-order valence-electron chi connectivity index (χ2n) is 8.27. The van der Waals surface area contributed by atoms with Crippen LogP contribution in [0.3, 0.4) is 0 Å². The van der Waals surface area contributed by atoms with E-state index < -0.39 is 12.0 Å². The number of methoxy groups -OCH3 is 2. The monoisotopic (exact) mass is 455 g/mol. The number of benzene rings is 1. The molecule has 0 radical (unpaired) electrons. The van der Waals surface area contributed by atoms with E-state index >= 15 is 0 Å². The molecule has 7 nitrogen and oxygen atoms in total. The van der Waals surface area contributed by atoms with Gasteiger partial charge in [0.15, 0.2) is 5.17 Å². The molecule has 2 atom stereocenters. The van der Waals surface area contributed by atoms with E-state index in [4.69, 9.17) is 9.47 Å². The van der Waals surface area contributed by atoms with Gasteiger partial charge in [-0.3, -0.25) is 4.79 Å². The standard InChI is InChI=1S/C24H29N3O4S/c1-15-7-5-6-12-26(15)20(28)13-18-14-32-24-25-16(2)21(23(29)31-4)22(27(18)24)17-8-10-19(30-3)11-9-17/h8-11,14-15,22H,5-7,12-13H2,1-4H3/t15-,22+/m1/s1. The van der Waals surface area contributed by atoms with Gasteiger partial charge in [0.25, 0.3) is 0 Å². The van der Waals surface area contributed by atoms with Gasteiger partial charge in [-0.25, -0.2) is 9.79 Å². The lowest BCUT2D eigenvalue weighted by atomic mass is 9.93. The first kappa shape index (κ1) is 22.5. The molecule has 0 aromatic heterocycles. The number of hydrogen-bond acceptors (Lipinski definition) is 7. The number of hydrogen-bond donors (Lipinski definition) is 0. The van der Waals surface area contributed by atoms with Gasteiger partial charge in [0.1, 0.15) is 5.75 Å². The number of piperidine rings is 1. The summed E-state index contributed by atoms with van der Waals surface area (Å²) in [5, 5.41) is 2.75. The summed E-state index contributed by atoms with van der Waals surface area (Å²) in [4.78, 5) is 34.6. The van der Waals surface area contributed by atoms with Crippen LogP contribution in [-0.4, -0.2) is 53.7 Å². The molecule has 1 aromatic rings. The largest absolute Gasteiger partial charge is 0.497 e. The summed E-state index contributed by atoms with van der Waals surface area (Å²) in [6.07, 6.45) is 3.52. The highest BCUT2D eigenvalue weighted by Crippen LogP contribution is 2.45. The zero-order valence-corrected chi connectivity index (χ0v) is 19.8. The Bertz CT molecular complexity index is 999. The number of carbonyl (C=O) groups excluding carboxylic acids is 2. The highest BCUT2D eigenvalue weighted by Gasteiger charge is 2.41. The second-order valence-corrected chi connectivity index (χ2v) is 9.10. The number of allylic oxidation sites excluding steroid dienone is 1. The summed E-state index contributed by atoms with van der Waals surface area (Å²) in [5.74, 6) is 0.433. The first-order chi connectivity index (χ1) is 15.4. The van der Waals surface area contributed by atoms with Gasteiger partial charge in [-0.2, -0.15) is 0 Å². The highest BCUT2D eigenvalue weighted by molar-refractivity contribution is 8.16. The van der Waals surface area contributed by atoms with Gasteiger partial charge >= 0.3 is 5.97 Å². The molecule has 0 spiro atoms. The van der Waals surface area contributed by atoms with E-state index in [0.29, 0.717) is 11.3 Å². The molecule has 0 N–H and O–H groups in total. The number of thioether (sulfide) groups is 1. The Morgan fingerprint density at radius 2 is 1.94 bits per heavy atom. The van der Waals surface area contributed by atoms with Crippen molar-refractivity contribution in [3.8, 4) is 5.75 Å². The maximum absolute atomic E-state index is 13.2. The average molecular weight is 456 g/mol. The zero-order chi connectivity index (χ0) is 22.8. The Kier molecular flexibility index (Phi) is 6.60. The minimum atomic E-state index is -0.423. The molecule has 3 aliphatic heterocycles. The van der Waals surface area contributed by atoms with Gasteiger partial charge < -0.3 is 19.3 Å². The number of amidine groups is 1. The smallest absolute Gasteiger partial charge is 0.338 e. The van der Waals surface area contributed by atoms with Crippen LogP contribution in [0.4, 0.5) is 0 Å². The minimum absolute atomic E-state index is 0.115. The number of esters is 1. The second kappa shape index (κ2) is 9.40. The summed E-state index contributed by atoms with van der Waals surface area (Å²) in [6, 6.07) is 7.46. The molecule has 8 heteroatoms. The number of ether oxygens (including phenoxy) is 2. The molecule has 1 amide bonds. The predicted molar refractivity (Wildman–Crippen MR) is 125 cm³/mol. The molecule has 0 saturated carbocycles. The summed E-state index contributed by atoms with van der Waals surface area (Å²) < 4.78 is 10.4. The van der Waals surface area contributed by atoms with Crippen LogP contribution in [-0.2, 0) is 14.3 Å². The van der Waals surface area contributed by atoms with Crippen LogP contribution in [0.2, 0.25) is 0 Å². The van der Waals surface area contributed by atoms with Crippen molar-refractivity contribution in [1.82, 2.24) is 9.80 Å². The topological polar surface area (TPSA) is 71.4 Å². The average Bonchev–Trinajstić information content (AvgIpc) is 3.19. The molecule has 0 aliphatic carbocycles. The van der Waals surface area contributed by atoms with Crippen LogP contribution in [0.5, 0.6) is 5.75 Å². The zero-order valence-electron chi connectivity index (χ0n) is 19.0. The number of likely N-dealkylation sites (tertiary alicyclic amines) is 1. The minimum Gasteiger partial charge on any atom is -0.497 e. The third-order valence-electron chi connectivity index (χ3n) is 6.29. The molecule has 32 heavy (non-hydrogen) atoms. The number of nitrogens with zero attached hydrogens (tertiary/aromatic N) is 3. The van der Waals surface area contributed by atoms with Crippen LogP contribution in [0.1, 0.15) is 51.1 Å². The van der Waals surface area contributed by atoms with Gasteiger partial charge in [0.05, 0.1) is 38.0 Å². The summed E-state index contributed by atoms with van der Waals surface area (Å²) in [7, 11) is 3.00. The molecular formula is C24H29N3O4S. The highest BCUT2D eigenvalue weighted by atomic mass is 32.2. The quantitative estimate of drug-likeness (QED) is 0.619. The third-order valence-corrected chi connectivity index (χ3v) is 7.18. The number of carbonyl (C=O) groups is 2. The van der Waals surface area contributed by atoms with Gasteiger partial charge in [-0.1, -0.05) is 23.9 Å². The lowest BCUT2D eigenvalue weighted by molar-refractivity contribution is -0.136. The Balaban J connectivity index is 1.68. The van der Waals surface area contributed by atoms with Gasteiger partial charge in [0, 0.05) is 18.3 Å². The molecule has 3 heterocycles.